The third-order valence-electron chi connectivity index (χ3n) is 3.23. The van der Waals surface area contributed by atoms with Crippen molar-refractivity contribution in [2.75, 3.05) is 27.2 Å². The molecule has 0 heterocycles. The normalized spacial score (nSPS) is 12.0. The third-order valence-corrected chi connectivity index (χ3v) is 5.29. The smallest absolute Gasteiger partial charge is 0.269 e. The van der Waals surface area contributed by atoms with E-state index in [4.69, 9.17) is 4.84 Å². The van der Waals surface area contributed by atoms with Crippen LogP contribution in [-0.4, -0.2) is 50.9 Å². The third kappa shape index (κ3) is 4.40. The molecule has 0 saturated carbocycles. The fourth-order valence-electron chi connectivity index (χ4n) is 1.83. The molecular weight excluding hydrogens is 304 g/mol. The summed E-state index contributed by atoms with van der Waals surface area (Å²) in [5.74, 6) is -0.303. The zero-order valence-electron chi connectivity index (χ0n) is 13.3. The van der Waals surface area contributed by atoms with Crippen molar-refractivity contribution in [2.24, 2.45) is 0 Å². The Morgan fingerprint density at radius 2 is 1.73 bits per heavy atom. The SMILES string of the molecule is CCN(CC)S(=O)(=O)c1ccc(/C=C/C(=O)N(C)OC)cc1. The zero-order valence-corrected chi connectivity index (χ0v) is 14.1. The van der Waals surface area contributed by atoms with Crippen molar-refractivity contribution >= 4 is 22.0 Å². The number of hydrogen-bond donors (Lipinski definition) is 0. The monoisotopic (exact) mass is 326 g/mol. The summed E-state index contributed by atoms with van der Waals surface area (Å²) in [5.41, 5.74) is 0.733. The van der Waals surface area contributed by atoms with Crippen LogP contribution in [0.5, 0.6) is 0 Å². The van der Waals surface area contributed by atoms with Crippen LogP contribution in [0.4, 0.5) is 0 Å². The van der Waals surface area contributed by atoms with Gasteiger partial charge in [-0.05, 0) is 23.8 Å². The molecule has 1 rings (SSSR count). The van der Waals surface area contributed by atoms with Crippen LogP contribution in [0, 0.1) is 0 Å². The Hall–Kier alpha value is -1.70. The second-order valence-electron chi connectivity index (χ2n) is 4.51. The van der Waals surface area contributed by atoms with Gasteiger partial charge in [-0.25, -0.2) is 13.5 Å². The van der Waals surface area contributed by atoms with Crippen molar-refractivity contribution in [1.29, 1.82) is 0 Å². The maximum Gasteiger partial charge on any atom is 0.269 e. The molecule has 0 atom stereocenters. The lowest BCUT2D eigenvalue weighted by Crippen LogP contribution is -2.30. The first-order valence-electron chi connectivity index (χ1n) is 6.96. The summed E-state index contributed by atoms with van der Waals surface area (Å²) in [7, 11) is -0.545. The van der Waals surface area contributed by atoms with Crippen molar-refractivity contribution < 1.29 is 18.0 Å². The van der Waals surface area contributed by atoms with Crippen molar-refractivity contribution in [3.05, 3.63) is 35.9 Å². The average Bonchev–Trinajstić information content (AvgIpc) is 2.53. The molecule has 0 unspecified atom stereocenters. The van der Waals surface area contributed by atoms with Gasteiger partial charge in [0.25, 0.3) is 5.91 Å². The lowest BCUT2D eigenvalue weighted by Gasteiger charge is -2.18. The quantitative estimate of drug-likeness (QED) is 0.565. The summed E-state index contributed by atoms with van der Waals surface area (Å²) in [6.45, 7) is 4.46. The summed E-state index contributed by atoms with van der Waals surface area (Å²) >= 11 is 0. The van der Waals surface area contributed by atoms with Crippen molar-refractivity contribution in [2.45, 2.75) is 18.7 Å². The molecule has 122 valence electrons. The molecule has 7 heteroatoms. The first kappa shape index (κ1) is 18.3. The van der Waals surface area contributed by atoms with E-state index in [9.17, 15) is 13.2 Å². The Morgan fingerprint density at radius 3 is 2.18 bits per heavy atom. The van der Waals surface area contributed by atoms with Crippen molar-refractivity contribution in [3.8, 4) is 0 Å². The minimum Gasteiger partial charge on any atom is -0.274 e. The Labute approximate surface area is 132 Å². The van der Waals surface area contributed by atoms with E-state index < -0.39 is 10.0 Å². The molecule has 1 aromatic rings. The van der Waals surface area contributed by atoms with Crippen LogP contribution in [0.1, 0.15) is 19.4 Å². The molecule has 1 amide bonds. The highest BCUT2D eigenvalue weighted by molar-refractivity contribution is 7.89. The lowest BCUT2D eigenvalue weighted by molar-refractivity contribution is -0.162. The van der Waals surface area contributed by atoms with E-state index in [-0.39, 0.29) is 10.8 Å². The Bertz CT molecular complexity index is 619. The molecule has 6 nitrogen and oxygen atoms in total. The number of carbonyl (C=O) groups is 1. The van der Waals surface area contributed by atoms with Gasteiger partial charge in [0.15, 0.2) is 0 Å². The molecule has 22 heavy (non-hydrogen) atoms. The molecule has 0 aromatic heterocycles. The number of likely N-dealkylation sites (N-methyl/N-ethyl adjacent to an activating group) is 1. The van der Waals surface area contributed by atoms with Gasteiger partial charge >= 0.3 is 0 Å². The molecule has 0 aliphatic heterocycles. The van der Waals surface area contributed by atoms with Gasteiger partial charge in [-0.15, -0.1) is 0 Å². The fraction of sp³-hybridized carbons (Fsp3) is 0.400. The zero-order chi connectivity index (χ0) is 16.8. The van der Waals surface area contributed by atoms with Crippen LogP contribution in [-0.2, 0) is 19.7 Å². The molecule has 1 aromatic carbocycles. The van der Waals surface area contributed by atoms with Crippen LogP contribution in [0.3, 0.4) is 0 Å². The lowest BCUT2D eigenvalue weighted by atomic mass is 10.2. The van der Waals surface area contributed by atoms with E-state index in [1.165, 1.54) is 36.7 Å². The van der Waals surface area contributed by atoms with E-state index >= 15 is 0 Å². The summed E-state index contributed by atoms with van der Waals surface area (Å²) in [6.07, 6.45) is 2.96. The summed E-state index contributed by atoms with van der Waals surface area (Å²) in [4.78, 5) is 16.6. The molecule has 0 aliphatic rings. The van der Waals surface area contributed by atoms with E-state index in [0.29, 0.717) is 13.1 Å². The first-order chi connectivity index (χ1) is 10.4. The van der Waals surface area contributed by atoms with Gasteiger partial charge in [0.2, 0.25) is 10.0 Å². The Balaban J connectivity index is 2.92. The second kappa shape index (κ2) is 8.07. The van der Waals surface area contributed by atoms with E-state index in [1.807, 2.05) is 0 Å². The number of hydrogen-bond acceptors (Lipinski definition) is 4. The number of hydroxylamine groups is 2. The molecule has 0 spiro atoms. The number of amides is 1. The number of carbonyl (C=O) groups excluding carboxylic acids is 1. The van der Waals surface area contributed by atoms with Crippen molar-refractivity contribution in [1.82, 2.24) is 9.37 Å². The minimum absolute atomic E-state index is 0.244. The van der Waals surface area contributed by atoms with Gasteiger partial charge in [0, 0.05) is 26.2 Å². The van der Waals surface area contributed by atoms with Crippen LogP contribution >= 0.6 is 0 Å². The van der Waals surface area contributed by atoms with E-state index in [2.05, 4.69) is 0 Å². The molecule has 0 radical (unpaired) electrons. The summed E-state index contributed by atoms with van der Waals surface area (Å²) in [5, 5.41) is 1.09. The molecule has 0 aliphatic carbocycles. The molecule has 0 bridgehead atoms. The van der Waals surface area contributed by atoms with Gasteiger partial charge in [-0.2, -0.15) is 4.31 Å². The van der Waals surface area contributed by atoms with Crippen LogP contribution in [0.15, 0.2) is 35.2 Å². The van der Waals surface area contributed by atoms with E-state index in [1.54, 1.807) is 32.1 Å². The fourth-order valence-corrected chi connectivity index (χ4v) is 3.28. The standard InChI is InChI=1S/C15H22N2O4S/c1-5-17(6-2)22(19,20)14-10-7-13(8-11-14)9-12-15(18)16(3)21-4/h7-12H,5-6H2,1-4H3/b12-9+. The number of nitrogens with zero attached hydrogens (tertiary/aromatic N) is 2. The maximum absolute atomic E-state index is 12.3. The average molecular weight is 326 g/mol. The molecule has 0 N–H and O–H groups in total. The van der Waals surface area contributed by atoms with Crippen LogP contribution in [0.2, 0.25) is 0 Å². The van der Waals surface area contributed by atoms with Crippen LogP contribution < -0.4 is 0 Å². The minimum atomic E-state index is -3.45. The second-order valence-corrected chi connectivity index (χ2v) is 6.45. The van der Waals surface area contributed by atoms with E-state index in [0.717, 1.165) is 10.6 Å². The topological polar surface area (TPSA) is 66.9 Å². The first-order valence-corrected chi connectivity index (χ1v) is 8.40. The Kier molecular flexibility index (Phi) is 6.73. The summed E-state index contributed by atoms with van der Waals surface area (Å²) < 4.78 is 26.1. The summed E-state index contributed by atoms with van der Waals surface area (Å²) in [6, 6.07) is 6.40. The van der Waals surface area contributed by atoms with Gasteiger partial charge in [-0.1, -0.05) is 26.0 Å². The number of benzene rings is 1. The maximum atomic E-state index is 12.3. The number of rotatable bonds is 7. The predicted molar refractivity (Wildman–Crippen MR) is 85.4 cm³/mol. The largest absolute Gasteiger partial charge is 0.274 e. The van der Waals surface area contributed by atoms with Gasteiger partial charge in [0.05, 0.1) is 12.0 Å². The Morgan fingerprint density at radius 1 is 1.18 bits per heavy atom. The predicted octanol–water partition coefficient (Wildman–Crippen LogP) is 1.75. The highest BCUT2D eigenvalue weighted by Crippen LogP contribution is 2.16. The highest BCUT2D eigenvalue weighted by atomic mass is 32.2. The molecular formula is C15H22N2O4S. The van der Waals surface area contributed by atoms with Crippen LogP contribution in [0.25, 0.3) is 6.08 Å². The molecule has 0 fully saturated rings. The number of sulfonamides is 1. The van der Waals surface area contributed by atoms with Gasteiger partial charge < -0.3 is 0 Å². The van der Waals surface area contributed by atoms with Gasteiger partial charge in [0.1, 0.15) is 0 Å². The van der Waals surface area contributed by atoms with Gasteiger partial charge in [-0.3, -0.25) is 9.63 Å². The highest BCUT2D eigenvalue weighted by Gasteiger charge is 2.20. The molecule has 0 saturated heterocycles. The van der Waals surface area contributed by atoms with Crippen molar-refractivity contribution in [3.63, 3.8) is 0 Å².